The number of aromatic nitrogens is 2. The number of nitrogens with one attached hydrogen (secondary N) is 1. The van der Waals surface area contributed by atoms with Gasteiger partial charge in [-0.25, -0.2) is 9.97 Å². The summed E-state index contributed by atoms with van der Waals surface area (Å²) in [5.74, 6) is -0.00369. The van der Waals surface area contributed by atoms with E-state index < -0.39 is 5.60 Å². The van der Waals surface area contributed by atoms with E-state index in [4.69, 9.17) is 16.3 Å². The largest absolute Gasteiger partial charge is 0.461 e. The van der Waals surface area contributed by atoms with Crippen LogP contribution in [0, 0.1) is 0 Å². The molecule has 2 aromatic rings. The third-order valence-electron chi connectivity index (χ3n) is 2.25. The van der Waals surface area contributed by atoms with Gasteiger partial charge in [-0.2, -0.15) is 0 Å². The van der Waals surface area contributed by atoms with Gasteiger partial charge in [-0.15, -0.1) is 11.3 Å². The highest BCUT2D eigenvalue weighted by Gasteiger charge is 2.31. The first-order valence-electron chi connectivity index (χ1n) is 5.50. The second kappa shape index (κ2) is 5.54. The lowest BCUT2D eigenvalue weighted by Gasteiger charge is -2.23. The van der Waals surface area contributed by atoms with E-state index in [0.29, 0.717) is 16.2 Å². The van der Waals surface area contributed by atoms with Crippen molar-refractivity contribution in [3.8, 4) is 5.88 Å². The van der Waals surface area contributed by atoms with E-state index in [0.717, 1.165) is 0 Å². The van der Waals surface area contributed by atoms with Crippen molar-refractivity contribution in [3.05, 3.63) is 34.9 Å². The maximum absolute atomic E-state index is 12.1. The van der Waals surface area contributed by atoms with Crippen LogP contribution in [0.3, 0.4) is 0 Å². The zero-order chi connectivity index (χ0) is 13.9. The Balaban J connectivity index is 2.07. The summed E-state index contributed by atoms with van der Waals surface area (Å²) >= 11 is 7.11. The minimum atomic E-state index is -1.08. The topological polar surface area (TPSA) is 64.1 Å². The third kappa shape index (κ3) is 3.65. The molecule has 0 bridgehead atoms. The van der Waals surface area contributed by atoms with E-state index in [1.807, 2.05) is 0 Å². The molecule has 0 fully saturated rings. The standard InChI is InChI=1S/C12H12ClN3O2S/c1-12(2,10(17)16-11-14-6-7-19-11)18-9-5-3-4-8(13)15-9/h3-7H,1-2H3,(H,14,16,17). The number of carbonyl (C=O) groups excluding carboxylic acids is 1. The molecule has 0 unspecified atom stereocenters. The van der Waals surface area contributed by atoms with Gasteiger partial charge in [0.15, 0.2) is 10.7 Å². The predicted molar refractivity (Wildman–Crippen MR) is 74.7 cm³/mol. The molecule has 0 spiro atoms. The number of hydrogen-bond donors (Lipinski definition) is 1. The van der Waals surface area contributed by atoms with Crippen molar-refractivity contribution < 1.29 is 9.53 Å². The fraction of sp³-hybridized carbons (Fsp3) is 0.250. The SMILES string of the molecule is CC(C)(Oc1cccc(Cl)n1)C(=O)Nc1nccs1. The molecule has 0 radical (unpaired) electrons. The van der Waals surface area contributed by atoms with Crippen molar-refractivity contribution in [1.29, 1.82) is 0 Å². The van der Waals surface area contributed by atoms with Crippen LogP contribution in [0.2, 0.25) is 5.15 Å². The van der Waals surface area contributed by atoms with Crippen LogP contribution in [0.25, 0.3) is 0 Å². The lowest BCUT2D eigenvalue weighted by molar-refractivity contribution is -0.128. The normalized spacial score (nSPS) is 11.1. The van der Waals surface area contributed by atoms with Gasteiger partial charge in [-0.05, 0) is 19.9 Å². The molecule has 0 saturated heterocycles. The fourth-order valence-electron chi connectivity index (χ4n) is 1.29. The highest BCUT2D eigenvalue weighted by atomic mass is 35.5. The van der Waals surface area contributed by atoms with Crippen LogP contribution in [-0.2, 0) is 4.79 Å². The van der Waals surface area contributed by atoms with E-state index in [1.54, 1.807) is 43.6 Å². The highest BCUT2D eigenvalue weighted by Crippen LogP contribution is 2.20. The molecule has 0 aliphatic rings. The lowest BCUT2D eigenvalue weighted by atomic mass is 10.1. The van der Waals surface area contributed by atoms with Gasteiger partial charge in [0.2, 0.25) is 5.88 Å². The average Bonchev–Trinajstić information content (AvgIpc) is 2.81. The Kier molecular flexibility index (Phi) is 4.01. The molecule has 1 N–H and O–H groups in total. The van der Waals surface area contributed by atoms with Crippen molar-refractivity contribution in [2.75, 3.05) is 5.32 Å². The summed E-state index contributed by atoms with van der Waals surface area (Å²) in [6.07, 6.45) is 1.62. The van der Waals surface area contributed by atoms with Gasteiger partial charge >= 0.3 is 0 Å². The number of anilines is 1. The highest BCUT2D eigenvalue weighted by molar-refractivity contribution is 7.13. The van der Waals surface area contributed by atoms with Gasteiger partial charge in [0.05, 0.1) is 0 Å². The first kappa shape index (κ1) is 13.8. The average molecular weight is 298 g/mol. The van der Waals surface area contributed by atoms with Crippen molar-refractivity contribution in [1.82, 2.24) is 9.97 Å². The molecule has 2 aromatic heterocycles. The molecular weight excluding hydrogens is 286 g/mol. The summed E-state index contributed by atoms with van der Waals surface area (Å²) in [4.78, 5) is 20.1. The minimum Gasteiger partial charge on any atom is -0.461 e. The third-order valence-corrected chi connectivity index (χ3v) is 3.15. The number of halogens is 1. The molecule has 2 heterocycles. The minimum absolute atomic E-state index is 0.298. The van der Waals surface area contributed by atoms with Crippen LogP contribution in [0.15, 0.2) is 29.8 Å². The molecule has 2 rings (SSSR count). The van der Waals surface area contributed by atoms with Gasteiger partial charge in [-0.3, -0.25) is 10.1 Å². The van der Waals surface area contributed by atoms with E-state index in [9.17, 15) is 4.79 Å². The second-order valence-electron chi connectivity index (χ2n) is 4.20. The van der Waals surface area contributed by atoms with Crippen molar-refractivity contribution in [2.45, 2.75) is 19.4 Å². The molecule has 0 saturated carbocycles. The number of thiazole rings is 1. The Morgan fingerprint density at radius 2 is 2.26 bits per heavy atom. The van der Waals surface area contributed by atoms with Crippen LogP contribution in [-0.4, -0.2) is 21.5 Å². The van der Waals surface area contributed by atoms with E-state index in [-0.39, 0.29) is 5.91 Å². The van der Waals surface area contributed by atoms with Crippen LogP contribution >= 0.6 is 22.9 Å². The molecule has 0 atom stereocenters. The van der Waals surface area contributed by atoms with Crippen LogP contribution in [0.1, 0.15) is 13.8 Å². The van der Waals surface area contributed by atoms with Crippen molar-refractivity contribution >= 4 is 34.0 Å². The maximum atomic E-state index is 12.1. The molecular formula is C12H12ClN3O2S. The first-order chi connectivity index (χ1) is 8.97. The van der Waals surface area contributed by atoms with E-state index >= 15 is 0 Å². The molecule has 5 nitrogen and oxygen atoms in total. The predicted octanol–water partition coefficient (Wildman–Crippen LogP) is 2.99. The number of ether oxygens (including phenoxy) is 1. The maximum Gasteiger partial charge on any atom is 0.269 e. The molecule has 19 heavy (non-hydrogen) atoms. The van der Waals surface area contributed by atoms with Crippen LogP contribution < -0.4 is 10.1 Å². The Morgan fingerprint density at radius 1 is 1.47 bits per heavy atom. The monoisotopic (exact) mass is 297 g/mol. The molecule has 7 heteroatoms. The van der Waals surface area contributed by atoms with E-state index in [1.165, 1.54) is 11.3 Å². The summed E-state index contributed by atoms with van der Waals surface area (Å²) in [5.41, 5.74) is -1.08. The molecule has 1 amide bonds. The van der Waals surface area contributed by atoms with Crippen LogP contribution in [0.5, 0.6) is 5.88 Å². The summed E-state index contributed by atoms with van der Waals surface area (Å²) in [6, 6.07) is 4.99. The summed E-state index contributed by atoms with van der Waals surface area (Å²) < 4.78 is 5.56. The van der Waals surface area contributed by atoms with Crippen molar-refractivity contribution in [2.24, 2.45) is 0 Å². The second-order valence-corrected chi connectivity index (χ2v) is 5.48. The Morgan fingerprint density at radius 3 is 2.89 bits per heavy atom. The number of rotatable bonds is 4. The van der Waals surface area contributed by atoms with Gasteiger partial charge in [-0.1, -0.05) is 17.7 Å². The number of amides is 1. The van der Waals surface area contributed by atoms with E-state index in [2.05, 4.69) is 15.3 Å². The number of pyridine rings is 1. The van der Waals surface area contributed by atoms with Gasteiger partial charge < -0.3 is 4.74 Å². The van der Waals surface area contributed by atoms with Gasteiger partial charge in [0.1, 0.15) is 5.15 Å². The summed E-state index contributed by atoms with van der Waals surface area (Å²) in [7, 11) is 0. The zero-order valence-electron chi connectivity index (χ0n) is 10.4. The quantitative estimate of drug-likeness (QED) is 0.881. The fourth-order valence-corrected chi connectivity index (χ4v) is 1.97. The Labute approximate surface area is 119 Å². The smallest absolute Gasteiger partial charge is 0.269 e. The van der Waals surface area contributed by atoms with Crippen molar-refractivity contribution in [3.63, 3.8) is 0 Å². The first-order valence-corrected chi connectivity index (χ1v) is 6.76. The van der Waals surface area contributed by atoms with Gasteiger partial charge in [0, 0.05) is 17.6 Å². The van der Waals surface area contributed by atoms with Crippen LogP contribution in [0.4, 0.5) is 5.13 Å². The molecule has 0 aliphatic heterocycles. The summed E-state index contributed by atoms with van der Waals surface area (Å²) in [6.45, 7) is 3.30. The van der Waals surface area contributed by atoms with Gasteiger partial charge in [0.25, 0.3) is 5.91 Å². The number of nitrogens with zero attached hydrogens (tertiary/aromatic N) is 2. The Bertz CT molecular complexity index is 572. The molecule has 0 aromatic carbocycles. The lowest BCUT2D eigenvalue weighted by Crippen LogP contribution is -2.42. The zero-order valence-corrected chi connectivity index (χ0v) is 12.0. The molecule has 100 valence electrons. The summed E-state index contributed by atoms with van der Waals surface area (Å²) in [5, 5.41) is 5.30. The number of hydrogen-bond acceptors (Lipinski definition) is 5. The Hall–Kier alpha value is -1.66. The number of carbonyl (C=O) groups is 1. The molecule has 0 aliphatic carbocycles.